The number of nitrogens with two attached hydrogens (primary N) is 1. The fraction of sp³-hybridized carbons (Fsp3) is 0.250. The fourth-order valence-electron chi connectivity index (χ4n) is 3.36. The van der Waals surface area contributed by atoms with Crippen molar-refractivity contribution in [2.45, 2.75) is 32.9 Å². The molecular formula is C24H28N6O3. The number of imidazole rings is 1. The number of nitrogens with zero attached hydrogens (tertiary/aromatic N) is 3. The Balaban J connectivity index is 1.79. The van der Waals surface area contributed by atoms with Crippen LogP contribution in [0, 0.1) is 5.41 Å². The number of amidine groups is 1. The van der Waals surface area contributed by atoms with Crippen molar-refractivity contribution >= 4 is 29.1 Å². The lowest BCUT2D eigenvalue weighted by molar-refractivity contribution is -0.137. The van der Waals surface area contributed by atoms with Gasteiger partial charge in [-0.1, -0.05) is 38.1 Å². The van der Waals surface area contributed by atoms with Crippen LogP contribution in [-0.4, -0.2) is 38.9 Å². The smallest absolute Gasteiger partial charge is 0.323 e. The fourth-order valence-corrected chi connectivity index (χ4v) is 3.36. The molecule has 0 saturated heterocycles. The number of benzene rings is 2. The van der Waals surface area contributed by atoms with Gasteiger partial charge in [-0.2, -0.15) is 0 Å². The molecule has 0 aliphatic carbocycles. The molecule has 1 heterocycles. The maximum atomic E-state index is 12.9. The van der Waals surface area contributed by atoms with Gasteiger partial charge in [-0.15, -0.1) is 0 Å². The van der Waals surface area contributed by atoms with Gasteiger partial charge >= 0.3 is 5.97 Å². The molecule has 0 saturated carbocycles. The van der Waals surface area contributed by atoms with E-state index in [4.69, 9.17) is 16.2 Å². The highest BCUT2D eigenvalue weighted by Crippen LogP contribution is 2.20. The maximum Gasteiger partial charge on any atom is 0.323 e. The molecule has 0 aliphatic rings. The van der Waals surface area contributed by atoms with Gasteiger partial charge in [0, 0.05) is 23.1 Å². The Kier molecular flexibility index (Phi) is 7.45. The first-order valence-corrected chi connectivity index (χ1v) is 10.5. The summed E-state index contributed by atoms with van der Waals surface area (Å²) in [6.07, 6.45) is 3.09. The summed E-state index contributed by atoms with van der Waals surface area (Å²) >= 11 is 0. The summed E-state index contributed by atoms with van der Waals surface area (Å²) in [5.41, 5.74) is 9.37. The normalized spacial score (nSPS) is 10.8. The molecule has 5 N–H and O–H groups in total. The van der Waals surface area contributed by atoms with Gasteiger partial charge in [-0.25, -0.2) is 4.98 Å². The van der Waals surface area contributed by atoms with Gasteiger partial charge in [-0.05, 0) is 35.7 Å². The van der Waals surface area contributed by atoms with Crippen LogP contribution < -0.4 is 16.0 Å². The molecule has 2 aromatic carbocycles. The highest BCUT2D eigenvalue weighted by atomic mass is 16.4. The van der Waals surface area contributed by atoms with Gasteiger partial charge < -0.3 is 25.6 Å². The second-order valence-corrected chi connectivity index (χ2v) is 8.08. The van der Waals surface area contributed by atoms with E-state index in [0.29, 0.717) is 28.6 Å². The molecule has 9 heteroatoms. The van der Waals surface area contributed by atoms with E-state index in [9.17, 15) is 9.59 Å². The van der Waals surface area contributed by atoms with Crippen molar-refractivity contribution in [3.8, 4) is 0 Å². The molecule has 33 heavy (non-hydrogen) atoms. The highest BCUT2D eigenvalue weighted by molar-refractivity contribution is 5.97. The van der Waals surface area contributed by atoms with Crippen LogP contribution in [-0.2, 0) is 22.7 Å². The van der Waals surface area contributed by atoms with Crippen LogP contribution in [0.5, 0.6) is 0 Å². The molecule has 0 bridgehead atoms. The van der Waals surface area contributed by atoms with Gasteiger partial charge in [0.1, 0.15) is 12.4 Å². The van der Waals surface area contributed by atoms with E-state index in [2.05, 4.69) is 24.1 Å². The van der Waals surface area contributed by atoms with E-state index >= 15 is 0 Å². The van der Waals surface area contributed by atoms with Crippen LogP contribution in [0.25, 0.3) is 0 Å². The van der Waals surface area contributed by atoms with Gasteiger partial charge in [0.2, 0.25) is 5.91 Å². The Morgan fingerprint density at radius 1 is 1.21 bits per heavy atom. The third kappa shape index (κ3) is 6.67. The average Bonchev–Trinajstić information content (AvgIpc) is 3.19. The summed E-state index contributed by atoms with van der Waals surface area (Å²) in [5.74, 6) is -0.852. The number of hydrogen-bond acceptors (Lipinski definition) is 5. The number of nitrogen functional groups attached to an aromatic ring is 1. The predicted molar refractivity (Wildman–Crippen MR) is 128 cm³/mol. The quantitative estimate of drug-likeness (QED) is 0.278. The van der Waals surface area contributed by atoms with E-state index in [0.717, 1.165) is 0 Å². The Morgan fingerprint density at radius 3 is 2.58 bits per heavy atom. The number of amides is 1. The Labute approximate surface area is 192 Å². The first-order chi connectivity index (χ1) is 15.7. The zero-order valence-electron chi connectivity index (χ0n) is 18.7. The van der Waals surface area contributed by atoms with Crippen molar-refractivity contribution in [3.05, 3.63) is 77.9 Å². The minimum absolute atomic E-state index is 0.0269. The molecular weight excluding hydrogens is 420 g/mol. The number of hydrogen-bond donors (Lipinski definition) is 4. The van der Waals surface area contributed by atoms with Crippen LogP contribution in [0.2, 0.25) is 0 Å². The predicted octanol–water partition coefficient (Wildman–Crippen LogP) is 3.02. The number of aromatic nitrogens is 2. The third-order valence-electron chi connectivity index (χ3n) is 5.08. The van der Waals surface area contributed by atoms with Gasteiger partial charge in [0.15, 0.2) is 0 Å². The Morgan fingerprint density at radius 2 is 1.94 bits per heavy atom. The average molecular weight is 449 g/mol. The van der Waals surface area contributed by atoms with Crippen molar-refractivity contribution in [2.75, 3.05) is 16.8 Å². The van der Waals surface area contributed by atoms with E-state index < -0.39 is 5.97 Å². The second kappa shape index (κ2) is 10.4. The molecule has 0 fully saturated rings. The van der Waals surface area contributed by atoms with Crippen LogP contribution in [0.15, 0.2) is 61.1 Å². The molecule has 172 valence electrons. The summed E-state index contributed by atoms with van der Waals surface area (Å²) < 4.78 is 1.47. The lowest BCUT2D eigenvalue weighted by Crippen LogP contribution is -2.33. The molecule has 0 unspecified atom stereocenters. The zero-order valence-corrected chi connectivity index (χ0v) is 18.7. The van der Waals surface area contributed by atoms with Crippen LogP contribution in [0.3, 0.4) is 0 Å². The SMILES string of the molecule is CC(C)c1ccc(NC(=O)CN(Cc2cn(CC(=O)O)cn2)c2cccc(C(=N)N)c2)cc1. The number of carbonyl (C=O) groups excluding carboxylic acids is 1. The number of aliphatic carboxylic acids is 1. The van der Waals surface area contributed by atoms with Gasteiger partial charge in [-0.3, -0.25) is 15.0 Å². The summed E-state index contributed by atoms with van der Waals surface area (Å²) in [6.45, 7) is 4.32. The van der Waals surface area contributed by atoms with Crippen LogP contribution >= 0.6 is 0 Å². The number of anilines is 2. The first-order valence-electron chi connectivity index (χ1n) is 10.5. The van der Waals surface area contributed by atoms with Crippen molar-refractivity contribution in [1.82, 2.24) is 9.55 Å². The van der Waals surface area contributed by atoms with Crippen LogP contribution in [0.1, 0.15) is 36.6 Å². The topological polar surface area (TPSA) is 137 Å². The lowest BCUT2D eigenvalue weighted by Gasteiger charge is -2.24. The van der Waals surface area contributed by atoms with Crippen molar-refractivity contribution in [3.63, 3.8) is 0 Å². The summed E-state index contributed by atoms with van der Waals surface area (Å²) in [5, 5.41) is 19.6. The number of carboxylic acid groups (broad SMARTS) is 1. The molecule has 3 aromatic rings. The summed E-state index contributed by atoms with van der Waals surface area (Å²) in [4.78, 5) is 29.9. The molecule has 0 spiro atoms. The van der Waals surface area contributed by atoms with Crippen LogP contribution in [0.4, 0.5) is 11.4 Å². The summed E-state index contributed by atoms with van der Waals surface area (Å²) in [7, 11) is 0. The third-order valence-corrected chi connectivity index (χ3v) is 5.08. The Hall–Kier alpha value is -4.14. The maximum absolute atomic E-state index is 12.9. The minimum Gasteiger partial charge on any atom is -0.480 e. The van der Waals surface area contributed by atoms with Crippen molar-refractivity contribution in [1.29, 1.82) is 5.41 Å². The summed E-state index contributed by atoms with van der Waals surface area (Å²) in [6, 6.07) is 14.8. The molecule has 1 amide bonds. The number of rotatable bonds is 10. The highest BCUT2D eigenvalue weighted by Gasteiger charge is 2.16. The monoisotopic (exact) mass is 448 g/mol. The van der Waals surface area contributed by atoms with E-state index in [1.54, 1.807) is 29.3 Å². The minimum atomic E-state index is -0.965. The van der Waals surface area contributed by atoms with E-state index in [-0.39, 0.29) is 31.4 Å². The first kappa shape index (κ1) is 23.5. The lowest BCUT2D eigenvalue weighted by atomic mass is 10.0. The van der Waals surface area contributed by atoms with Gasteiger partial charge in [0.25, 0.3) is 0 Å². The van der Waals surface area contributed by atoms with E-state index in [1.165, 1.54) is 16.5 Å². The largest absolute Gasteiger partial charge is 0.480 e. The van der Waals surface area contributed by atoms with Crippen molar-refractivity contribution < 1.29 is 14.7 Å². The number of nitrogens with one attached hydrogen (secondary N) is 2. The standard InChI is InChI=1S/C24H28N6O3/c1-16(2)17-6-8-19(9-7-17)28-22(31)13-30(21-5-3-4-18(10-21)24(25)26)12-20-11-29(15-27-20)14-23(32)33/h3-11,15-16H,12-14H2,1-2H3,(H3,25,26)(H,28,31)(H,32,33). The van der Waals surface area contributed by atoms with Gasteiger partial charge in [0.05, 0.1) is 25.1 Å². The number of carboxylic acids is 1. The Bertz CT molecular complexity index is 1140. The van der Waals surface area contributed by atoms with Crippen molar-refractivity contribution in [2.24, 2.45) is 5.73 Å². The molecule has 0 atom stereocenters. The molecule has 9 nitrogen and oxygen atoms in total. The molecule has 0 radical (unpaired) electrons. The molecule has 3 rings (SSSR count). The zero-order chi connectivity index (χ0) is 24.0. The second-order valence-electron chi connectivity index (χ2n) is 8.08. The molecule has 0 aliphatic heterocycles. The number of carbonyl (C=O) groups is 2. The molecule has 1 aromatic heterocycles. The van der Waals surface area contributed by atoms with E-state index in [1.807, 2.05) is 30.3 Å².